The Hall–Kier alpha value is -1.87. The minimum atomic E-state index is -0.214. The molecule has 3 nitrogen and oxygen atoms in total. The van der Waals surface area contributed by atoms with Crippen molar-refractivity contribution in [3.05, 3.63) is 64.4 Å². The fourth-order valence-electron chi connectivity index (χ4n) is 1.79. The van der Waals surface area contributed by atoms with Crippen LogP contribution in [0.1, 0.15) is 34.6 Å². The van der Waals surface area contributed by atoms with E-state index >= 15 is 0 Å². The van der Waals surface area contributed by atoms with Crippen molar-refractivity contribution in [3.8, 4) is 0 Å². The van der Waals surface area contributed by atoms with E-state index in [1.165, 1.54) is 0 Å². The first-order chi connectivity index (χ1) is 9.08. The molecular formula is C15H15ClN2O. The summed E-state index contributed by atoms with van der Waals surface area (Å²) in [5.41, 5.74) is 2.24. The molecule has 0 saturated carbocycles. The molecule has 1 atom stereocenters. The first kappa shape index (κ1) is 13.6. The van der Waals surface area contributed by atoms with E-state index in [9.17, 15) is 4.79 Å². The van der Waals surface area contributed by atoms with Gasteiger partial charge in [0.1, 0.15) is 5.15 Å². The lowest BCUT2D eigenvalue weighted by Crippen LogP contribution is -2.27. The molecule has 4 heteroatoms. The van der Waals surface area contributed by atoms with E-state index in [0.717, 1.165) is 11.3 Å². The van der Waals surface area contributed by atoms with Crippen molar-refractivity contribution in [2.75, 3.05) is 0 Å². The van der Waals surface area contributed by atoms with Gasteiger partial charge >= 0.3 is 0 Å². The number of rotatable bonds is 3. The van der Waals surface area contributed by atoms with Crippen molar-refractivity contribution in [2.45, 2.75) is 19.9 Å². The zero-order chi connectivity index (χ0) is 13.8. The van der Waals surface area contributed by atoms with Crippen molar-refractivity contribution in [1.82, 2.24) is 10.3 Å². The van der Waals surface area contributed by atoms with Crippen molar-refractivity contribution < 1.29 is 4.79 Å². The topological polar surface area (TPSA) is 42.0 Å². The van der Waals surface area contributed by atoms with Crippen LogP contribution < -0.4 is 5.32 Å². The first-order valence-corrected chi connectivity index (χ1v) is 6.44. The Morgan fingerprint density at radius 2 is 1.89 bits per heavy atom. The van der Waals surface area contributed by atoms with Gasteiger partial charge in [-0.15, -0.1) is 0 Å². The highest BCUT2D eigenvalue weighted by Crippen LogP contribution is 2.16. The number of halogens is 1. The van der Waals surface area contributed by atoms with E-state index in [0.29, 0.717) is 5.56 Å². The van der Waals surface area contributed by atoms with Crippen LogP contribution in [-0.4, -0.2) is 10.9 Å². The summed E-state index contributed by atoms with van der Waals surface area (Å²) in [6, 6.07) is 13.2. The van der Waals surface area contributed by atoms with Gasteiger partial charge in [-0.2, -0.15) is 0 Å². The summed E-state index contributed by atoms with van der Waals surface area (Å²) in [6.45, 7) is 3.77. The Kier molecular flexibility index (Phi) is 4.17. The third-order valence-corrected chi connectivity index (χ3v) is 3.17. The second-order valence-electron chi connectivity index (χ2n) is 4.40. The summed E-state index contributed by atoms with van der Waals surface area (Å²) in [5, 5.41) is 3.14. The summed E-state index contributed by atoms with van der Waals surface area (Å²) in [6.07, 6.45) is 0. The first-order valence-electron chi connectivity index (χ1n) is 6.07. The van der Waals surface area contributed by atoms with E-state index in [2.05, 4.69) is 10.3 Å². The van der Waals surface area contributed by atoms with Gasteiger partial charge in [0, 0.05) is 5.69 Å². The predicted molar refractivity (Wildman–Crippen MR) is 76.3 cm³/mol. The molecule has 0 aliphatic rings. The standard InChI is InChI=1S/C15H15ClN2O/c1-10-8-9-13(14(16)17-10)15(19)18-11(2)12-6-4-3-5-7-12/h3-9,11H,1-2H3,(H,18,19). The number of hydrogen-bond donors (Lipinski definition) is 1. The zero-order valence-corrected chi connectivity index (χ0v) is 11.6. The number of aromatic nitrogens is 1. The molecule has 19 heavy (non-hydrogen) atoms. The Morgan fingerprint density at radius 3 is 2.53 bits per heavy atom. The third kappa shape index (κ3) is 3.32. The fourth-order valence-corrected chi connectivity index (χ4v) is 2.08. The lowest BCUT2D eigenvalue weighted by molar-refractivity contribution is 0.0939. The van der Waals surface area contributed by atoms with Crippen LogP contribution >= 0.6 is 11.6 Å². The molecule has 98 valence electrons. The quantitative estimate of drug-likeness (QED) is 0.870. The number of pyridine rings is 1. The average molecular weight is 275 g/mol. The van der Waals surface area contributed by atoms with E-state index in [-0.39, 0.29) is 17.1 Å². The SMILES string of the molecule is Cc1ccc(C(=O)NC(C)c2ccccc2)c(Cl)n1. The second-order valence-corrected chi connectivity index (χ2v) is 4.75. The van der Waals surface area contributed by atoms with E-state index in [1.807, 2.05) is 44.2 Å². The highest BCUT2D eigenvalue weighted by Gasteiger charge is 2.14. The lowest BCUT2D eigenvalue weighted by atomic mass is 10.1. The molecule has 0 saturated heterocycles. The van der Waals surface area contributed by atoms with Gasteiger partial charge in [-0.1, -0.05) is 41.9 Å². The van der Waals surface area contributed by atoms with Gasteiger partial charge in [-0.05, 0) is 31.5 Å². The lowest BCUT2D eigenvalue weighted by Gasteiger charge is -2.14. The molecule has 1 aromatic heterocycles. The van der Waals surface area contributed by atoms with Crippen LogP contribution in [0.15, 0.2) is 42.5 Å². The van der Waals surface area contributed by atoms with Crippen molar-refractivity contribution in [3.63, 3.8) is 0 Å². The number of hydrogen-bond acceptors (Lipinski definition) is 2. The minimum Gasteiger partial charge on any atom is -0.345 e. The van der Waals surface area contributed by atoms with Crippen molar-refractivity contribution in [1.29, 1.82) is 0 Å². The molecule has 0 bridgehead atoms. The number of benzene rings is 1. The Labute approximate surface area is 117 Å². The Balaban J connectivity index is 2.13. The molecule has 1 aromatic carbocycles. The summed E-state index contributed by atoms with van der Waals surface area (Å²) in [4.78, 5) is 16.2. The summed E-state index contributed by atoms with van der Waals surface area (Å²) in [5.74, 6) is -0.214. The maximum Gasteiger partial charge on any atom is 0.254 e. The molecule has 0 radical (unpaired) electrons. The molecule has 2 aromatic rings. The van der Waals surface area contributed by atoms with Crippen LogP contribution in [0.25, 0.3) is 0 Å². The van der Waals surface area contributed by atoms with Crippen LogP contribution in [0.4, 0.5) is 0 Å². The molecule has 2 rings (SSSR count). The summed E-state index contributed by atoms with van der Waals surface area (Å²) >= 11 is 5.98. The van der Waals surface area contributed by atoms with Gasteiger partial charge in [0.15, 0.2) is 0 Å². The van der Waals surface area contributed by atoms with Gasteiger partial charge in [-0.25, -0.2) is 4.98 Å². The molecule has 1 unspecified atom stereocenters. The van der Waals surface area contributed by atoms with Crippen molar-refractivity contribution in [2.24, 2.45) is 0 Å². The van der Waals surface area contributed by atoms with Crippen LogP contribution in [0.3, 0.4) is 0 Å². The minimum absolute atomic E-state index is 0.0777. The molecule has 0 spiro atoms. The maximum absolute atomic E-state index is 12.1. The van der Waals surface area contributed by atoms with Crippen LogP contribution in [0, 0.1) is 6.92 Å². The molecular weight excluding hydrogens is 260 g/mol. The molecule has 1 N–H and O–H groups in total. The third-order valence-electron chi connectivity index (χ3n) is 2.88. The number of carbonyl (C=O) groups excluding carboxylic acids is 1. The number of aryl methyl sites for hydroxylation is 1. The summed E-state index contributed by atoms with van der Waals surface area (Å²) in [7, 11) is 0. The predicted octanol–water partition coefficient (Wildman–Crippen LogP) is 3.53. The van der Waals surface area contributed by atoms with Gasteiger partial charge in [-0.3, -0.25) is 4.79 Å². The smallest absolute Gasteiger partial charge is 0.254 e. The Bertz CT molecular complexity index is 584. The summed E-state index contributed by atoms with van der Waals surface area (Å²) < 4.78 is 0. The molecule has 0 aliphatic heterocycles. The van der Waals surface area contributed by atoms with E-state index in [1.54, 1.807) is 12.1 Å². The fraction of sp³-hybridized carbons (Fsp3) is 0.200. The van der Waals surface area contributed by atoms with Gasteiger partial charge < -0.3 is 5.32 Å². The van der Waals surface area contributed by atoms with Crippen LogP contribution in [-0.2, 0) is 0 Å². The maximum atomic E-state index is 12.1. The monoisotopic (exact) mass is 274 g/mol. The van der Waals surface area contributed by atoms with Gasteiger partial charge in [0.05, 0.1) is 11.6 Å². The zero-order valence-electron chi connectivity index (χ0n) is 10.9. The van der Waals surface area contributed by atoms with E-state index in [4.69, 9.17) is 11.6 Å². The highest BCUT2D eigenvalue weighted by molar-refractivity contribution is 6.32. The van der Waals surface area contributed by atoms with Crippen LogP contribution in [0.5, 0.6) is 0 Å². The van der Waals surface area contributed by atoms with Gasteiger partial charge in [0.2, 0.25) is 0 Å². The normalized spacial score (nSPS) is 11.9. The van der Waals surface area contributed by atoms with Crippen molar-refractivity contribution >= 4 is 17.5 Å². The number of carbonyl (C=O) groups is 1. The molecule has 0 fully saturated rings. The van der Waals surface area contributed by atoms with Gasteiger partial charge in [0.25, 0.3) is 5.91 Å². The average Bonchev–Trinajstić information content (AvgIpc) is 2.39. The van der Waals surface area contributed by atoms with Crippen LogP contribution in [0.2, 0.25) is 5.15 Å². The molecule has 1 heterocycles. The number of amides is 1. The Morgan fingerprint density at radius 1 is 1.21 bits per heavy atom. The highest BCUT2D eigenvalue weighted by atomic mass is 35.5. The number of nitrogens with zero attached hydrogens (tertiary/aromatic N) is 1. The number of nitrogens with one attached hydrogen (secondary N) is 1. The second kappa shape index (κ2) is 5.85. The largest absolute Gasteiger partial charge is 0.345 e. The molecule has 0 aliphatic carbocycles. The molecule has 1 amide bonds. The van der Waals surface area contributed by atoms with E-state index < -0.39 is 0 Å².